The van der Waals surface area contributed by atoms with Crippen LogP contribution in [0.4, 0.5) is 0 Å². The smallest absolute Gasteiger partial charge is 0.0637 e. The number of aliphatic hydroxyl groups excluding tert-OH is 1. The number of aliphatic hydroxyl groups is 1. The van der Waals surface area contributed by atoms with Crippen LogP contribution in [-0.2, 0) is 6.42 Å². The average molecular weight is 335 g/mol. The van der Waals surface area contributed by atoms with Gasteiger partial charge in [0.2, 0.25) is 0 Å². The van der Waals surface area contributed by atoms with Crippen molar-refractivity contribution in [1.29, 1.82) is 0 Å². The third kappa shape index (κ3) is 2.16. The molecule has 4 aliphatic carbocycles. The molecule has 4 saturated carbocycles. The fraction of sp³-hybridized carbons (Fsp3) is 0.667. The summed E-state index contributed by atoms with van der Waals surface area (Å²) in [6.45, 7) is 0. The van der Waals surface area contributed by atoms with Gasteiger partial charge in [-0.2, -0.15) is 0 Å². The van der Waals surface area contributed by atoms with Gasteiger partial charge in [-0.25, -0.2) is 0 Å². The van der Waals surface area contributed by atoms with Gasteiger partial charge >= 0.3 is 0 Å². The Morgan fingerprint density at radius 2 is 1.60 bits per heavy atom. The molecule has 1 aromatic rings. The molecule has 2 heteroatoms. The third-order valence-electron chi connectivity index (χ3n) is 6.16. The zero-order valence-electron chi connectivity index (χ0n) is 11.9. The predicted octanol–water partition coefficient (Wildman–Crippen LogP) is 4.57. The van der Waals surface area contributed by atoms with E-state index in [1.54, 1.807) is 0 Å². The van der Waals surface area contributed by atoms with Gasteiger partial charge in [-0.3, -0.25) is 0 Å². The van der Waals surface area contributed by atoms with Crippen molar-refractivity contribution in [2.24, 2.45) is 23.2 Å². The van der Waals surface area contributed by atoms with E-state index >= 15 is 0 Å². The summed E-state index contributed by atoms with van der Waals surface area (Å²) >= 11 is 3.62. The topological polar surface area (TPSA) is 20.2 Å². The zero-order chi connectivity index (χ0) is 13.7. The maximum atomic E-state index is 11.0. The molecule has 0 spiro atoms. The largest absolute Gasteiger partial charge is 0.392 e. The number of benzene rings is 1. The summed E-state index contributed by atoms with van der Waals surface area (Å²) in [5.41, 5.74) is 1.50. The van der Waals surface area contributed by atoms with E-state index in [2.05, 4.69) is 34.1 Å². The number of hydrogen-bond acceptors (Lipinski definition) is 1. The van der Waals surface area contributed by atoms with E-state index < -0.39 is 0 Å². The fourth-order valence-corrected chi connectivity index (χ4v) is 6.12. The van der Waals surface area contributed by atoms with E-state index in [1.165, 1.54) is 44.1 Å². The first-order valence-electron chi connectivity index (χ1n) is 8.06. The highest BCUT2D eigenvalue weighted by atomic mass is 79.9. The Morgan fingerprint density at radius 3 is 2.15 bits per heavy atom. The van der Waals surface area contributed by atoms with Crippen LogP contribution in [0.5, 0.6) is 0 Å². The molecule has 1 nitrogen and oxygen atoms in total. The van der Waals surface area contributed by atoms with Crippen LogP contribution in [0.1, 0.15) is 44.1 Å². The molecule has 1 N–H and O–H groups in total. The lowest BCUT2D eigenvalue weighted by Crippen LogP contribution is -2.52. The van der Waals surface area contributed by atoms with Crippen molar-refractivity contribution in [3.63, 3.8) is 0 Å². The van der Waals surface area contributed by atoms with Crippen molar-refractivity contribution >= 4 is 15.9 Å². The summed E-state index contributed by atoms with van der Waals surface area (Å²) in [5, 5.41) is 11.0. The molecule has 0 amide bonds. The van der Waals surface area contributed by atoms with Crippen molar-refractivity contribution in [3.05, 3.63) is 34.3 Å². The van der Waals surface area contributed by atoms with Crippen LogP contribution in [0.25, 0.3) is 0 Å². The van der Waals surface area contributed by atoms with Crippen molar-refractivity contribution in [2.45, 2.75) is 51.0 Å². The van der Waals surface area contributed by atoms with Crippen LogP contribution >= 0.6 is 15.9 Å². The van der Waals surface area contributed by atoms with Crippen LogP contribution in [0.3, 0.4) is 0 Å². The second-order valence-corrected chi connectivity index (χ2v) is 8.45. The Hall–Kier alpha value is -0.340. The molecule has 1 atom stereocenters. The normalized spacial score (nSPS) is 40.0. The first-order valence-corrected chi connectivity index (χ1v) is 8.85. The molecular formula is C18H23BrO. The first-order chi connectivity index (χ1) is 9.64. The van der Waals surface area contributed by atoms with Gasteiger partial charge in [-0.1, -0.05) is 34.1 Å². The molecule has 0 aliphatic heterocycles. The zero-order valence-corrected chi connectivity index (χ0v) is 13.5. The van der Waals surface area contributed by atoms with Gasteiger partial charge in [0.25, 0.3) is 0 Å². The summed E-state index contributed by atoms with van der Waals surface area (Å²) in [7, 11) is 0. The van der Waals surface area contributed by atoms with Crippen molar-refractivity contribution < 1.29 is 5.11 Å². The summed E-state index contributed by atoms with van der Waals surface area (Å²) in [5.74, 6) is 2.74. The fourth-order valence-electron chi connectivity index (χ4n) is 5.67. The number of hydrogen-bond donors (Lipinski definition) is 1. The Labute approximate surface area is 129 Å². The highest BCUT2D eigenvalue weighted by Gasteiger charge is 2.53. The second-order valence-electron chi connectivity index (χ2n) is 7.59. The Kier molecular flexibility index (Phi) is 3.23. The predicted molar refractivity (Wildman–Crippen MR) is 84.5 cm³/mol. The monoisotopic (exact) mass is 334 g/mol. The Bertz CT molecular complexity index is 475. The highest BCUT2D eigenvalue weighted by molar-refractivity contribution is 9.10. The molecule has 4 fully saturated rings. The minimum absolute atomic E-state index is 0.158. The molecule has 4 aliphatic rings. The second kappa shape index (κ2) is 4.84. The molecule has 4 bridgehead atoms. The molecule has 108 valence electrons. The van der Waals surface area contributed by atoms with Crippen molar-refractivity contribution in [3.8, 4) is 0 Å². The third-order valence-corrected chi connectivity index (χ3v) is 6.94. The van der Waals surface area contributed by atoms with E-state index in [0.29, 0.717) is 0 Å². The molecule has 0 aromatic heterocycles. The molecule has 5 rings (SSSR count). The maximum absolute atomic E-state index is 11.0. The summed E-state index contributed by atoms with van der Waals surface area (Å²) in [4.78, 5) is 0. The quantitative estimate of drug-likeness (QED) is 0.858. The summed E-state index contributed by atoms with van der Waals surface area (Å²) in [6.07, 6.45) is 8.84. The Balaban J connectivity index is 1.56. The van der Waals surface area contributed by atoms with Crippen LogP contribution in [0.15, 0.2) is 28.7 Å². The van der Waals surface area contributed by atoms with Crippen LogP contribution in [0, 0.1) is 23.2 Å². The highest BCUT2D eigenvalue weighted by Crippen LogP contribution is 2.61. The van der Waals surface area contributed by atoms with Gasteiger partial charge in [0.15, 0.2) is 0 Å². The van der Waals surface area contributed by atoms with Gasteiger partial charge < -0.3 is 5.11 Å². The van der Waals surface area contributed by atoms with Crippen molar-refractivity contribution in [1.82, 2.24) is 0 Å². The van der Waals surface area contributed by atoms with Gasteiger partial charge in [0.1, 0.15) is 0 Å². The number of rotatable bonds is 3. The van der Waals surface area contributed by atoms with E-state index in [9.17, 15) is 5.11 Å². The van der Waals surface area contributed by atoms with E-state index in [4.69, 9.17) is 0 Å². The molecule has 0 heterocycles. The van der Waals surface area contributed by atoms with Crippen molar-refractivity contribution in [2.75, 3.05) is 0 Å². The van der Waals surface area contributed by atoms with Crippen LogP contribution < -0.4 is 0 Å². The lowest BCUT2D eigenvalue weighted by atomic mass is 9.48. The average Bonchev–Trinajstić information content (AvgIpc) is 2.40. The Morgan fingerprint density at radius 1 is 1.05 bits per heavy atom. The van der Waals surface area contributed by atoms with Crippen LogP contribution in [0.2, 0.25) is 0 Å². The summed E-state index contributed by atoms with van der Waals surface area (Å²) in [6, 6.07) is 8.35. The molecule has 20 heavy (non-hydrogen) atoms. The van der Waals surface area contributed by atoms with Gasteiger partial charge in [-0.05, 0) is 79.7 Å². The summed E-state index contributed by atoms with van der Waals surface area (Å²) < 4.78 is 1.14. The SMILES string of the molecule is OC(Cc1ccccc1Br)C12CC3CC(CC(C3)C1)C2. The van der Waals surface area contributed by atoms with Crippen LogP contribution in [-0.4, -0.2) is 11.2 Å². The number of halogens is 1. The first kappa shape index (κ1) is 13.3. The van der Waals surface area contributed by atoms with E-state index in [-0.39, 0.29) is 11.5 Å². The lowest BCUT2D eigenvalue weighted by Gasteiger charge is -2.58. The standard InChI is InChI=1S/C18H23BrO/c19-16-4-2-1-3-15(16)8-17(20)18-9-12-5-13(10-18)7-14(6-12)11-18/h1-4,12-14,17,20H,5-11H2. The van der Waals surface area contributed by atoms with Gasteiger partial charge in [0.05, 0.1) is 6.10 Å². The minimum Gasteiger partial charge on any atom is -0.392 e. The molecule has 0 saturated heterocycles. The maximum Gasteiger partial charge on any atom is 0.0637 e. The van der Waals surface area contributed by atoms with E-state index in [0.717, 1.165) is 28.6 Å². The van der Waals surface area contributed by atoms with Gasteiger partial charge in [-0.15, -0.1) is 0 Å². The molecule has 1 unspecified atom stereocenters. The lowest BCUT2D eigenvalue weighted by molar-refractivity contribution is -0.119. The molecular weight excluding hydrogens is 312 g/mol. The van der Waals surface area contributed by atoms with Gasteiger partial charge in [0, 0.05) is 4.47 Å². The molecule has 0 radical (unpaired) electrons. The molecule has 1 aromatic carbocycles. The minimum atomic E-state index is -0.158. The van der Waals surface area contributed by atoms with E-state index in [1.807, 2.05) is 6.07 Å².